The van der Waals surface area contributed by atoms with E-state index < -0.39 is 0 Å². The van der Waals surface area contributed by atoms with Crippen molar-refractivity contribution in [2.75, 3.05) is 13.7 Å². The van der Waals surface area contributed by atoms with Gasteiger partial charge in [0, 0.05) is 5.56 Å². The van der Waals surface area contributed by atoms with Gasteiger partial charge in [0.15, 0.2) is 11.5 Å². The van der Waals surface area contributed by atoms with Crippen LogP contribution in [0.15, 0.2) is 52.1 Å². The molecule has 0 atom stereocenters. The van der Waals surface area contributed by atoms with Gasteiger partial charge in [0.25, 0.3) is 0 Å². The topological polar surface area (TPSA) is 51.0 Å². The molecule has 0 saturated carbocycles. The third-order valence-corrected chi connectivity index (χ3v) is 3.75. The van der Waals surface area contributed by atoms with Gasteiger partial charge in [0.2, 0.25) is 0 Å². The maximum atomic E-state index is 8.61. The molecule has 22 heavy (non-hydrogen) atoms. The van der Waals surface area contributed by atoms with E-state index in [-0.39, 0.29) is 0 Å². The van der Waals surface area contributed by atoms with Crippen LogP contribution in [0.3, 0.4) is 0 Å². The zero-order valence-electron chi connectivity index (χ0n) is 12.3. The first-order chi connectivity index (χ1) is 10.7. The predicted octanol–water partition coefficient (Wildman–Crippen LogP) is 4.28. The maximum absolute atomic E-state index is 8.61. The van der Waals surface area contributed by atoms with E-state index >= 15 is 0 Å². The summed E-state index contributed by atoms with van der Waals surface area (Å²) in [6.45, 7) is 0.595. The minimum atomic E-state index is 0.595. The normalized spacial score (nSPS) is 10.8. The standard InChI is InChI=1S/C17H18BrNO3/c1-21-16-11-14(12-19-20)10-15(18)17(16)22-9-5-8-13-6-3-2-4-7-13/h2-4,6-7,10-12,20H,5,8-9H2,1H3. The average molecular weight is 364 g/mol. The summed E-state index contributed by atoms with van der Waals surface area (Å²) in [5, 5.41) is 11.6. The van der Waals surface area contributed by atoms with Crippen LogP contribution in [0.1, 0.15) is 17.5 Å². The number of aryl methyl sites for hydroxylation is 1. The molecule has 1 N–H and O–H groups in total. The Balaban J connectivity index is 1.97. The predicted molar refractivity (Wildman–Crippen MR) is 90.3 cm³/mol. The van der Waals surface area contributed by atoms with Gasteiger partial charge >= 0.3 is 0 Å². The second-order valence-corrected chi connectivity index (χ2v) is 5.57. The van der Waals surface area contributed by atoms with E-state index in [0.29, 0.717) is 18.1 Å². The third-order valence-electron chi connectivity index (χ3n) is 3.16. The summed E-state index contributed by atoms with van der Waals surface area (Å²) < 4.78 is 11.9. The molecule has 2 rings (SSSR count). The molecule has 0 heterocycles. The number of benzene rings is 2. The number of hydrogen-bond acceptors (Lipinski definition) is 4. The summed E-state index contributed by atoms with van der Waals surface area (Å²) in [6, 6.07) is 13.9. The SMILES string of the molecule is COc1cc(C=NO)cc(Br)c1OCCCc1ccccc1. The fourth-order valence-corrected chi connectivity index (χ4v) is 2.69. The van der Waals surface area contributed by atoms with Crippen molar-refractivity contribution in [3.05, 3.63) is 58.1 Å². The number of oxime groups is 1. The summed E-state index contributed by atoms with van der Waals surface area (Å²) in [7, 11) is 1.58. The van der Waals surface area contributed by atoms with E-state index in [0.717, 1.165) is 22.9 Å². The first-order valence-electron chi connectivity index (χ1n) is 6.96. The van der Waals surface area contributed by atoms with Crippen LogP contribution in [-0.4, -0.2) is 25.1 Å². The Labute approximate surface area is 138 Å². The largest absolute Gasteiger partial charge is 0.493 e. The highest BCUT2D eigenvalue weighted by Gasteiger charge is 2.11. The molecule has 0 saturated heterocycles. The quantitative estimate of drug-likeness (QED) is 0.345. The second kappa shape index (κ2) is 8.44. The highest BCUT2D eigenvalue weighted by Crippen LogP contribution is 2.36. The fourth-order valence-electron chi connectivity index (χ4n) is 2.12. The van der Waals surface area contributed by atoms with Crippen molar-refractivity contribution < 1.29 is 14.7 Å². The van der Waals surface area contributed by atoms with Crippen molar-refractivity contribution >= 4 is 22.1 Å². The maximum Gasteiger partial charge on any atom is 0.175 e. The summed E-state index contributed by atoms with van der Waals surface area (Å²) >= 11 is 3.46. The van der Waals surface area contributed by atoms with Gasteiger partial charge < -0.3 is 14.7 Å². The Hall–Kier alpha value is -2.01. The molecule has 0 unspecified atom stereocenters. The van der Waals surface area contributed by atoms with Crippen LogP contribution in [0.4, 0.5) is 0 Å². The molecule has 116 valence electrons. The van der Waals surface area contributed by atoms with Gasteiger partial charge in [-0.15, -0.1) is 0 Å². The minimum absolute atomic E-state index is 0.595. The minimum Gasteiger partial charge on any atom is -0.493 e. The van der Waals surface area contributed by atoms with Gasteiger partial charge in [-0.1, -0.05) is 35.5 Å². The van der Waals surface area contributed by atoms with Gasteiger partial charge in [-0.05, 0) is 46.5 Å². The van der Waals surface area contributed by atoms with Gasteiger partial charge in [-0.2, -0.15) is 0 Å². The van der Waals surface area contributed by atoms with Crippen LogP contribution in [-0.2, 0) is 6.42 Å². The van der Waals surface area contributed by atoms with E-state index in [1.54, 1.807) is 13.2 Å². The molecular formula is C17H18BrNO3. The van der Waals surface area contributed by atoms with Gasteiger partial charge in [0.05, 0.1) is 24.4 Å². The van der Waals surface area contributed by atoms with Crippen LogP contribution in [0.5, 0.6) is 11.5 Å². The molecule has 0 aromatic heterocycles. The van der Waals surface area contributed by atoms with E-state index in [1.807, 2.05) is 24.3 Å². The van der Waals surface area contributed by atoms with Crippen LogP contribution >= 0.6 is 15.9 Å². The smallest absolute Gasteiger partial charge is 0.175 e. The van der Waals surface area contributed by atoms with Crippen molar-refractivity contribution in [1.29, 1.82) is 0 Å². The van der Waals surface area contributed by atoms with Gasteiger partial charge in [0.1, 0.15) is 0 Å². The molecule has 0 aliphatic rings. The van der Waals surface area contributed by atoms with Gasteiger partial charge in [-0.25, -0.2) is 0 Å². The molecule has 0 aliphatic heterocycles. The lowest BCUT2D eigenvalue weighted by Crippen LogP contribution is -2.02. The molecule has 0 amide bonds. The molecule has 5 heteroatoms. The third kappa shape index (κ3) is 4.49. The van der Waals surface area contributed by atoms with Gasteiger partial charge in [-0.3, -0.25) is 0 Å². The molecule has 4 nitrogen and oxygen atoms in total. The Bertz CT molecular complexity index is 629. The van der Waals surface area contributed by atoms with E-state index in [1.165, 1.54) is 11.8 Å². The molecule has 2 aromatic rings. The average Bonchev–Trinajstić information content (AvgIpc) is 2.54. The lowest BCUT2D eigenvalue weighted by molar-refractivity contribution is 0.287. The van der Waals surface area contributed by atoms with E-state index in [2.05, 4.69) is 33.2 Å². The summed E-state index contributed by atoms with van der Waals surface area (Å²) in [4.78, 5) is 0. The highest BCUT2D eigenvalue weighted by molar-refractivity contribution is 9.10. The Morgan fingerprint density at radius 2 is 2.00 bits per heavy atom. The summed E-state index contributed by atoms with van der Waals surface area (Å²) in [5.74, 6) is 1.26. The summed E-state index contributed by atoms with van der Waals surface area (Å²) in [5.41, 5.74) is 2.02. The van der Waals surface area contributed by atoms with Crippen molar-refractivity contribution in [2.45, 2.75) is 12.8 Å². The Kier molecular flexibility index (Phi) is 6.27. The summed E-state index contributed by atoms with van der Waals surface area (Å²) in [6.07, 6.45) is 3.22. The first kappa shape index (κ1) is 16.4. The van der Waals surface area contributed by atoms with Crippen LogP contribution < -0.4 is 9.47 Å². The monoisotopic (exact) mass is 363 g/mol. The number of rotatable bonds is 7. The number of ether oxygens (including phenoxy) is 2. The number of hydrogen-bond donors (Lipinski definition) is 1. The van der Waals surface area contributed by atoms with Crippen molar-refractivity contribution in [2.24, 2.45) is 5.16 Å². The number of halogens is 1. The highest BCUT2D eigenvalue weighted by atomic mass is 79.9. The molecule has 0 bridgehead atoms. The van der Waals surface area contributed by atoms with Crippen LogP contribution in [0, 0.1) is 0 Å². The molecule has 0 aliphatic carbocycles. The molecular weight excluding hydrogens is 346 g/mol. The number of methoxy groups -OCH3 is 1. The van der Waals surface area contributed by atoms with Crippen molar-refractivity contribution in [3.63, 3.8) is 0 Å². The van der Waals surface area contributed by atoms with Crippen LogP contribution in [0.2, 0.25) is 0 Å². The number of nitrogens with zero attached hydrogens (tertiary/aromatic N) is 1. The lowest BCUT2D eigenvalue weighted by atomic mass is 10.1. The Morgan fingerprint density at radius 1 is 1.23 bits per heavy atom. The molecule has 0 fully saturated rings. The zero-order valence-corrected chi connectivity index (χ0v) is 13.9. The van der Waals surface area contributed by atoms with E-state index in [9.17, 15) is 0 Å². The Morgan fingerprint density at radius 3 is 2.68 bits per heavy atom. The molecule has 0 spiro atoms. The fraction of sp³-hybridized carbons (Fsp3) is 0.235. The lowest BCUT2D eigenvalue weighted by Gasteiger charge is -2.13. The molecule has 2 aromatic carbocycles. The van der Waals surface area contributed by atoms with Crippen LogP contribution in [0.25, 0.3) is 0 Å². The zero-order chi connectivity index (χ0) is 15.8. The molecule has 0 radical (unpaired) electrons. The second-order valence-electron chi connectivity index (χ2n) is 4.72. The van der Waals surface area contributed by atoms with E-state index in [4.69, 9.17) is 14.7 Å². The van der Waals surface area contributed by atoms with Crippen molar-refractivity contribution in [3.8, 4) is 11.5 Å². The first-order valence-corrected chi connectivity index (χ1v) is 7.75. The van der Waals surface area contributed by atoms with Crippen molar-refractivity contribution in [1.82, 2.24) is 0 Å².